The van der Waals surface area contributed by atoms with Crippen LogP contribution in [0.15, 0.2) is 78.9 Å². The molecule has 3 rings (SSSR count). The number of hydrogen-bond donors (Lipinski definition) is 1. The van der Waals surface area contributed by atoms with E-state index in [0.29, 0.717) is 24.5 Å². The first-order chi connectivity index (χ1) is 14.5. The van der Waals surface area contributed by atoms with Gasteiger partial charge in [-0.3, -0.25) is 9.59 Å². The highest BCUT2D eigenvalue weighted by atomic mass is 16.5. The number of nitrogens with zero attached hydrogens (tertiary/aromatic N) is 1. The van der Waals surface area contributed by atoms with Crippen LogP contribution in [0, 0.1) is 0 Å². The first kappa shape index (κ1) is 20.9. The van der Waals surface area contributed by atoms with Gasteiger partial charge >= 0.3 is 0 Å². The fourth-order valence-corrected chi connectivity index (χ4v) is 2.81. The van der Waals surface area contributed by atoms with E-state index >= 15 is 0 Å². The van der Waals surface area contributed by atoms with Crippen LogP contribution < -0.4 is 15.2 Å². The van der Waals surface area contributed by atoms with Gasteiger partial charge in [0.15, 0.2) is 6.61 Å². The van der Waals surface area contributed by atoms with Crippen molar-refractivity contribution in [2.24, 2.45) is 5.73 Å². The largest absolute Gasteiger partial charge is 0.489 e. The summed E-state index contributed by atoms with van der Waals surface area (Å²) in [5.41, 5.74) is 7.62. The van der Waals surface area contributed by atoms with Gasteiger partial charge in [-0.1, -0.05) is 42.5 Å². The summed E-state index contributed by atoms with van der Waals surface area (Å²) in [6.45, 7) is 0.757. The Bertz CT molecular complexity index is 988. The number of nitrogens with two attached hydrogens (primary N) is 1. The molecule has 0 atom stereocenters. The number of hydrogen-bond acceptors (Lipinski definition) is 4. The maximum absolute atomic E-state index is 12.4. The van der Waals surface area contributed by atoms with E-state index in [-0.39, 0.29) is 12.5 Å². The van der Waals surface area contributed by atoms with Gasteiger partial charge in [0.05, 0.1) is 0 Å². The van der Waals surface area contributed by atoms with Crippen LogP contribution in [0.4, 0.5) is 0 Å². The van der Waals surface area contributed by atoms with Crippen LogP contribution in [0.5, 0.6) is 11.5 Å². The molecule has 0 heterocycles. The number of amides is 2. The average molecular weight is 404 g/mol. The predicted octanol–water partition coefficient (Wildman–Crippen LogP) is 3.40. The van der Waals surface area contributed by atoms with Crippen molar-refractivity contribution < 1.29 is 19.1 Å². The van der Waals surface area contributed by atoms with E-state index in [1.54, 1.807) is 37.4 Å². The molecule has 0 saturated carbocycles. The quantitative estimate of drug-likeness (QED) is 0.593. The smallest absolute Gasteiger partial charge is 0.260 e. The number of benzene rings is 3. The molecular formula is C24H24N2O4. The van der Waals surface area contributed by atoms with Crippen LogP contribution in [0.25, 0.3) is 0 Å². The van der Waals surface area contributed by atoms with Crippen LogP contribution in [0.2, 0.25) is 0 Å². The van der Waals surface area contributed by atoms with Crippen LogP contribution in [0.1, 0.15) is 21.5 Å². The minimum absolute atomic E-state index is 0.0871. The van der Waals surface area contributed by atoms with Gasteiger partial charge in [0.25, 0.3) is 5.91 Å². The third kappa shape index (κ3) is 6.10. The van der Waals surface area contributed by atoms with Gasteiger partial charge in [-0.25, -0.2) is 0 Å². The van der Waals surface area contributed by atoms with E-state index in [1.807, 2.05) is 48.5 Å². The van der Waals surface area contributed by atoms with Gasteiger partial charge in [-0.05, 0) is 47.5 Å². The summed E-state index contributed by atoms with van der Waals surface area (Å²) in [6, 6.07) is 24.0. The zero-order valence-electron chi connectivity index (χ0n) is 16.8. The van der Waals surface area contributed by atoms with Crippen molar-refractivity contribution in [3.05, 3.63) is 95.6 Å². The average Bonchev–Trinajstić information content (AvgIpc) is 2.77. The van der Waals surface area contributed by atoms with Crippen molar-refractivity contribution in [2.45, 2.75) is 13.2 Å². The molecule has 0 spiro atoms. The standard InChI is InChI=1S/C24H24N2O4/c1-26(15-19-8-5-9-20(14-19)24(25)28)23(27)17-30-22-12-10-21(11-13-22)29-16-18-6-3-2-4-7-18/h2-14H,15-17H2,1H3,(H2,25,28). The van der Waals surface area contributed by atoms with Gasteiger partial charge < -0.3 is 20.1 Å². The molecule has 3 aromatic rings. The van der Waals surface area contributed by atoms with Crippen molar-refractivity contribution in [3.63, 3.8) is 0 Å². The van der Waals surface area contributed by atoms with E-state index in [0.717, 1.165) is 16.9 Å². The lowest BCUT2D eigenvalue weighted by Gasteiger charge is -2.18. The number of carbonyl (C=O) groups excluding carboxylic acids is 2. The first-order valence-corrected chi connectivity index (χ1v) is 9.53. The van der Waals surface area contributed by atoms with Crippen molar-refractivity contribution >= 4 is 11.8 Å². The molecule has 3 aromatic carbocycles. The molecule has 2 amide bonds. The third-order valence-corrected chi connectivity index (χ3v) is 4.49. The summed E-state index contributed by atoms with van der Waals surface area (Å²) >= 11 is 0. The lowest BCUT2D eigenvalue weighted by molar-refractivity contribution is -0.132. The Morgan fingerprint density at radius 1 is 0.833 bits per heavy atom. The molecule has 6 nitrogen and oxygen atoms in total. The summed E-state index contributed by atoms with van der Waals surface area (Å²) < 4.78 is 11.3. The zero-order valence-corrected chi connectivity index (χ0v) is 16.8. The topological polar surface area (TPSA) is 81.9 Å². The van der Waals surface area contributed by atoms with Gasteiger partial charge in [-0.15, -0.1) is 0 Å². The van der Waals surface area contributed by atoms with Gasteiger partial charge in [0.1, 0.15) is 18.1 Å². The number of primary amides is 1. The molecule has 30 heavy (non-hydrogen) atoms. The molecular weight excluding hydrogens is 380 g/mol. The minimum atomic E-state index is -0.495. The Morgan fingerprint density at radius 3 is 2.13 bits per heavy atom. The van der Waals surface area contributed by atoms with Gasteiger partial charge in [0, 0.05) is 19.2 Å². The molecule has 0 aliphatic carbocycles. The fraction of sp³-hybridized carbons (Fsp3) is 0.167. The molecule has 0 aliphatic heterocycles. The monoisotopic (exact) mass is 404 g/mol. The second-order valence-electron chi connectivity index (χ2n) is 6.85. The lowest BCUT2D eigenvalue weighted by atomic mass is 10.1. The summed E-state index contributed by atoms with van der Waals surface area (Å²) in [5, 5.41) is 0. The molecule has 0 saturated heterocycles. The summed E-state index contributed by atoms with van der Waals surface area (Å²) in [6.07, 6.45) is 0. The summed E-state index contributed by atoms with van der Waals surface area (Å²) in [4.78, 5) is 25.2. The number of rotatable bonds is 9. The molecule has 6 heteroatoms. The van der Waals surface area contributed by atoms with Crippen molar-refractivity contribution in [1.82, 2.24) is 4.90 Å². The Kier molecular flexibility index (Phi) is 7.05. The Labute approximate surface area is 175 Å². The molecule has 0 radical (unpaired) electrons. The first-order valence-electron chi connectivity index (χ1n) is 9.53. The van der Waals surface area contributed by atoms with Crippen molar-refractivity contribution in [1.29, 1.82) is 0 Å². The Morgan fingerprint density at radius 2 is 1.47 bits per heavy atom. The van der Waals surface area contributed by atoms with Gasteiger partial charge in [-0.2, -0.15) is 0 Å². The lowest BCUT2D eigenvalue weighted by Crippen LogP contribution is -2.31. The number of carbonyl (C=O) groups is 2. The van der Waals surface area contributed by atoms with Crippen molar-refractivity contribution in [2.75, 3.05) is 13.7 Å². The molecule has 0 fully saturated rings. The minimum Gasteiger partial charge on any atom is -0.489 e. The normalized spacial score (nSPS) is 10.3. The van der Waals surface area contributed by atoms with E-state index in [9.17, 15) is 9.59 Å². The Balaban J connectivity index is 1.46. The highest BCUT2D eigenvalue weighted by Crippen LogP contribution is 2.19. The molecule has 0 bridgehead atoms. The van der Waals surface area contributed by atoms with Crippen LogP contribution in [-0.2, 0) is 17.9 Å². The number of ether oxygens (including phenoxy) is 2. The fourth-order valence-electron chi connectivity index (χ4n) is 2.81. The van der Waals surface area contributed by atoms with Crippen molar-refractivity contribution in [3.8, 4) is 11.5 Å². The van der Waals surface area contributed by atoms with E-state index in [2.05, 4.69) is 0 Å². The van der Waals surface area contributed by atoms with Crippen LogP contribution in [-0.4, -0.2) is 30.4 Å². The molecule has 0 aliphatic rings. The zero-order chi connectivity index (χ0) is 21.3. The Hall–Kier alpha value is -3.80. The SMILES string of the molecule is CN(Cc1cccc(C(N)=O)c1)C(=O)COc1ccc(OCc2ccccc2)cc1. The molecule has 0 aromatic heterocycles. The molecule has 154 valence electrons. The summed E-state index contributed by atoms with van der Waals surface area (Å²) in [7, 11) is 1.68. The molecule has 0 unspecified atom stereocenters. The highest BCUT2D eigenvalue weighted by Gasteiger charge is 2.11. The third-order valence-electron chi connectivity index (χ3n) is 4.49. The van der Waals surface area contributed by atoms with E-state index in [1.165, 1.54) is 4.90 Å². The summed E-state index contributed by atoms with van der Waals surface area (Å²) in [5.74, 6) is 0.637. The van der Waals surface area contributed by atoms with Crippen LogP contribution in [0.3, 0.4) is 0 Å². The van der Waals surface area contributed by atoms with E-state index < -0.39 is 5.91 Å². The van der Waals surface area contributed by atoms with E-state index in [4.69, 9.17) is 15.2 Å². The number of likely N-dealkylation sites (N-methyl/N-ethyl adjacent to an activating group) is 1. The second kappa shape index (κ2) is 10.1. The maximum Gasteiger partial charge on any atom is 0.260 e. The predicted molar refractivity (Wildman–Crippen MR) is 114 cm³/mol. The van der Waals surface area contributed by atoms with Crippen LogP contribution >= 0.6 is 0 Å². The maximum atomic E-state index is 12.4. The second-order valence-corrected chi connectivity index (χ2v) is 6.85. The molecule has 2 N–H and O–H groups in total. The highest BCUT2D eigenvalue weighted by molar-refractivity contribution is 5.92. The van der Waals surface area contributed by atoms with Gasteiger partial charge in [0.2, 0.25) is 5.91 Å².